The van der Waals surface area contributed by atoms with E-state index in [1.165, 1.54) is 12.8 Å². The number of piperidine rings is 1. The summed E-state index contributed by atoms with van der Waals surface area (Å²) in [5.41, 5.74) is 0. The zero-order valence-corrected chi connectivity index (χ0v) is 8.34. The van der Waals surface area contributed by atoms with Crippen molar-refractivity contribution in [1.29, 1.82) is 0 Å². The first-order valence-corrected chi connectivity index (χ1v) is 5.15. The zero-order valence-electron chi connectivity index (χ0n) is 8.34. The molecule has 0 aromatic carbocycles. The van der Waals surface area contributed by atoms with Gasteiger partial charge in [0.2, 0.25) is 0 Å². The Kier molecular flexibility index (Phi) is 4.88. The van der Waals surface area contributed by atoms with Crippen molar-refractivity contribution in [3.05, 3.63) is 0 Å². The molecule has 1 aliphatic rings. The van der Waals surface area contributed by atoms with Gasteiger partial charge in [0.15, 0.2) is 0 Å². The summed E-state index contributed by atoms with van der Waals surface area (Å²) in [7, 11) is 0. The van der Waals surface area contributed by atoms with Crippen molar-refractivity contribution in [2.45, 2.75) is 51.2 Å². The molecule has 0 aliphatic carbocycles. The van der Waals surface area contributed by atoms with Gasteiger partial charge in [0.05, 0.1) is 6.10 Å². The van der Waals surface area contributed by atoms with Crippen molar-refractivity contribution in [3.63, 3.8) is 0 Å². The van der Waals surface area contributed by atoms with Crippen molar-refractivity contribution >= 4 is 0 Å². The summed E-state index contributed by atoms with van der Waals surface area (Å²) in [6.45, 7) is 2.90. The maximum Gasteiger partial charge on any atom is 0.0702 e. The standard InChI is InChI=1S/C11H19NO/c1-2-3-4-8-11(13)10-7-5-6-9-12-10/h10-13H,4-9H2,1H3. The minimum atomic E-state index is -0.207. The molecule has 0 aromatic rings. The van der Waals surface area contributed by atoms with E-state index >= 15 is 0 Å². The molecule has 0 amide bonds. The van der Waals surface area contributed by atoms with Crippen LogP contribution in [0.25, 0.3) is 0 Å². The Morgan fingerprint density at radius 2 is 2.38 bits per heavy atom. The predicted molar refractivity (Wildman–Crippen MR) is 54.3 cm³/mol. The van der Waals surface area contributed by atoms with Gasteiger partial charge in [-0.2, -0.15) is 0 Å². The summed E-state index contributed by atoms with van der Waals surface area (Å²) in [4.78, 5) is 0. The van der Waals surface area contributed by atoms with E-state index in [0.29, 0.717) is 6.04 Å². The van der Waals surface area contributed by atoms with Gasteiger partial charge in [-0.25, -0.2) is 0 Å². The maximum atomic E-state index is 9.77. The Labute approximate surface area is 80.7 Å². The lowest BCUT2D eigenvalue weighted by molar-refractivity contribution is 0.106. The number of rotatable bonds is 3. The third-order valence-corrected chi connectivity index (χ3v) is 2.55. The van der Waals surface area contributed by atoms with Crippen LogP contribution in [0, 0.1) is 11.8 Å². The van der Waals surface area contributed by atoms with Crippen LogP contribution in [-0.4, -0.2) is 23.8 Å². The summed E-state index contributed by atoms with van der Waals surface area (Å²) >= 11 is 0. The van der Waals surface area contributed by atoms with Gasteiger partial charge < -0.3 is 10.4 Å². The Morgan fingerprint density at radius 1 is 1.54 bits per heavy atom. The predicted octanol–water partition coefficient (Wildman–Crippen LogP) is 1.29. The first-order chi connectivity index (χ1) is 6.34. The quantitative estimate of drug-likeness (QED) is 0.643. The SMILES string of the molecule is CC#CCCC(O)C1CCCCN1. The average Bonchev–Trinajstić information content (AvgIpc) is 2.19. The zero-order chi connectivity index (χ0) is 9.52. The van der Waals surface area contributed by atoms with Crippen LogP contribution in [0.4, 0.5) is 0 Å². The van der Waals surface area contributed by atoms with Crippen molar-refractivity contribution in [2.24, 2.45) is 0 Å². The van der Waals surface area contributed by atoms with E-state index in [4.69, 9.17) is 0 Å². The van der Waals surface area contributed by atoms with Crippen molar-refractivity contribution < 1.29 is 5.11 Å². The number of hydrogen-bond acceptors (Lipinski definition) is 2. The number of hydrogen-bond donors (Lipinski definition) is 2. The fraction of sp³-hybridized carbons (Fsp3) is 0.818. The molecule has 2 atom stereocenters. The molecule has 0 aromatic heterocycles. The van der Waals surface area contributed by atoms with E-state index in [2.05, 4.69) is 17.2 Å². The molecule has 2 N–H and O–H groups in total. The summed E-state index contributed by atoms with van der Waals surface area (Å²) in [5, 5.41) is 13.1. The fourth-order valence-corrected chi connectivity index (χ4v) is 1.75. The highest BCUT2D eigenvalue weighted by Gasteiger charge is 2.19. The third-order valence-electron chi connectivity index (χ3n) is 2.55. The molecule has 74 valence electrons. The molecule has 2 nitrogen and oxygen atoms in total. The monoisotopic (exact) mass is 181 g/mol. The second-order valence-electron chi connectivity index (χ2n) is 3.59. The molecular formula is C11H19NO. The number of aliphatic hydroxyl groups is 1. The molecule has 1 aliphatic heterocycles. The molecule has 13 heavy (non-hydrogen) atoms. The third kappa shape index (κ3) is 3.80. The first kappa shape index (κ1) is 10.6. The van der Waals surface area contributed by atoms with Crippen LogP contribution in [-0.2, 0) is 0 Å². The molecule has 0 bridgehead atoms. The number of aliphatic hydroxyl groups excluding tert-OH is 1. The second-order valence-corrected chi connectivity index (χ2v) is 3.59. The summed E-state index contributed by atoms with van der Waals surface area (Å²) in [6, 6.07) is 0.312. The van der Waals surface area contributed by atoms with Gasteiger partial charge in [0.25, 0.3) is 0 Å². The lowest BCUT2D eigenvalue weighted by Gasteiger charge is -2.27. The van der Waals surface area contributed by atoms with Crippen LogP contribution in [0.5, 0.6) is 0 Å². The van der Waals surface area contributed by atoms with Gasteiger partial charge in [-0.15, -0.1) is 11.8 Å². The molecule has 1 fully saturated rings. The summed E-state index contributed by atoms with van der Waals surface area (Å²) in [6.07, 6.45) is 5.02. The van der Waals surface area contributed by atoms with Crippen LogP contribution in [0.1, 0.15) is 39.0 Å². The van der Waals surface area contributed by atoms with Gasteiger partial charge in [0, 0.05) is 12.5 Å². The smallest absolute Gasteiger partial charge is 0.0702 e. The van der Waals surface area contributed by atoms with E-state index in [0.717, 1.165) is 25.8 Å². The van der Waals surface area contributed by atoms with Crippen LogP contribution >= 0.6 is 0 Å². The van der Waals surface area contributed by atoms with Gasteiger partial charge in [-0.3, -0.25) is 0 Å². The molecular weight excluding hydrogens is 162 g/mol. The Bertz CT molecular complexity index is 186. The fourth-order valence-electron chi connectivity index (χ4n) is 1.75. The normalized spacial score (nSPS) is 24.6. The van der Waals surface area contributed by atoms with Crippen molar-refractivity contribution in [3.8, 4) is 11.8 Å². The Hall–Kier alpha value is -0.520. The highest BCUT2D eigenvalue weighted by atomic mass is 16.3. The van der Waals surface area contributed by atoms with E-state index in [1.807, 2.05) is 6.92 Å². The lowest BCUT2D eigenvalue weighted by atomic mass is 9.97. The topological polar surface area (TPSA) is 32.3 Å². The minimum Gasteiger partial charge on any atom is -0.391 e. The van der Waals surface area contributed by atoms with Crippen LogP contribution in [0.3, 0.4) is 0 Å². The largest absolute Gasteiger partial charge is 0.391 e. The van der Waals surface area contributed by atoms with Crippen LogP contribution in [0.15, 0.2) is 0 Å². The molecule has 1 rings (SSSR count). The van der Waals surface area contributed by atoms with E-state index in [1.54, 1.807) is 0 Å². The minimum absolute atomic E-state index is 0.207. The first-order valence-electron chi connectivity index (χ1n) is 5.15. The molecule has 0 radical (unpaired) electrons. The van der Waals surface area contributed by atoms with E-state index in [9.17, 15) is 5.11 Å². The van der Waals surface area contributed by atoms with Crippen molar-refractivity contribution in [1.82, 2.24) is 5.32 Å². The summed E-state index contributed by atoms with van der Waals surface area (Å²) in [5.74, 6) is 5.82. The van der Waals surface area contributed by atoms with E-state index < -0.39 is 0 Å². The van der Waals surface area contributed by atoms with Crippen LogP contribution in [0.2, 0.25) is 0 Å². The average molecular weight is 181 g/mol. The van der Waals surface area contributed by atoms with Gasteiger partial charge in [-0.1, -0.05) is 6.42 Å². The summed E-state index contributed by atoms with van der Waals surface area (Å²) < 4.78 is 0. The van der Waals surface area contributed by atoms with E-state index in [-0.39, 0.29) is 6.10 Å². The Morgan fingerprint density at radius 3 is 3.00 bits per heavy atom. The van der Waals surface area contributed by atoms with Gasteiger partial charge in [0.1, 0.15) is 0 Å². The van der Waals surface area contributed by atoms with Crippen LogP contribution < -0.4 is 5.32 Å². The molecule has 1 saturated heterocycles. The van der Waals surface area contributed by atoms with Gasteiger partial charge >= 0.3 is 0 Å². The maximum absolute atomic E-state index is 9.77. The van der Waals surface area contributed by atoms with Gasteiger partial charge in [-0.05, 0) is 32.7 Å². The lowest BCUT2D eigenvalue weighted by Crippen LogP contribution is -2.42. The molecule has 2 unspecified atom stereocenters. The molecule has 0 spiro atoms. The number of nitrogens with one attached hydrogen (secondary N) is 1. The van der Waals surface area contributed by atoms with Crippen molar-refractivity contribution in [2.75, 3.05) is 6.54 Å². The highest BCUT2D eigenvalue weighted by molar-refractivity contribution is 4.96. The molecule has 2 heteroatoms. The molecule has 1 heterocycles. The second kappa shape index (κ2) is 6.01. The Balaban J connectivity index is 2.19. The molecule has 0 saturated carbocycles. The highest BCUT2D eigenvalue weighted by Crippen LogP contribution is 2.13.